The zero-order chi connectivity index (χ0) is 18.4. The van der Waals surface area contributed by atoms with Gasteiger partial charge in [0.1, 0.15) is 0 Å². The number of urea groups is 1. The zero-order valence-corrected chi connectivity index (χ0v) is 15.2. The first-order chi connectivity index (χ1) is 11.9. The maximum atomic E-state index is 12.4. The molecule has 7 heteroatoms. The van der Waals surface area contributed by atoms with Gasteiger partial charge in [0.25, 0.3) is 5.89 Å². The van der Waals surface area contributed by atoms with Crippen LogP contribution >= 0.6 is 0 Å². The molecule has 0 fully saturated rings. The Kier molecular flexibility index (Phi) is 6.14. The Bertz CT molecular complexity index is 729. The number of carbonyl (C=O) groups is 1. The van der Waals surface area contributed by atoms with Crippen LogP contribution in [0.1, 0.15) is 45.0 Å². The Labute approximate surface area is 147 Å². The Morgan fingerprint density at radius 3 is 2.72 bits per heavy atom. The molecule has 2 aromatic rings. The van der Waals surface area contributed by atoms with E-state index in [1.165, 1.54) is 0 Å². The first-order valence-electron chi connectivity index (χ1n) is 8.54. The molecule has 0 saturated carbocycles. The molecule has 1 unspecified atom stereocenters. The van der Waals surface area contributed by atoms with E-state index >= 15 is 0 Å². The quantitative estimate of drug-likeness (QED) is 0.714. The van der Waals surface area contributed by atoms with Crippen molar-refractivity contribution < 1.29 is 14.4 Å². The molecule has 136 valence electrons. The number of aryl methyl sites for hydroxylation is 2. The lowest BCUT2D eigenvalue weighted by Gasteiger charge is -2.29. The van der Waals surface area contributed by atoms with Gasteiger partial charge < -0.3 is 20.3 Å². The van der Waals surface area contributed by atoms with Crippen molar-refractivity contribution in [1.82, 2.24) is 15.5 Å². The van der Waals surface area contributed by atoms with Gasteiger partial charge in [-0.3, -0.25) is 0 Å². The number of amides is 2. The molecule has 0 bridgehead atoms. The average molecular weight is 346 g/mol. The highest BCUT2D eigenvalue weighted by Crippen LogP contribution is 2.24. The lowest BCUT2D eigenvalue weighted by atomic mass is 9.95. The van der Waals surface area contributed by atoms with Crippen molar-refractivity contribution in [2.24, 2.45) is 0 Å². The minimum absolute atomic E-state index is 0.0239. The van der Waals surface area contributed by atoms with Crippen LogP contribution in [0.5, 0.6) is 0 Å². The lowest BCUT2D eigenvalue weighted by molar-refractivity contribution is 0.208. The monoisotopic (exact) mass is 346 g/mol. The second kappa shape index (κ2) is 8.11. The molecule has 1 heterocycles. The summed E-state index contributed by atoms with van der Waals surface area (Å²) in [5.74, 6) is 1.07. The highest BCUT2D eigenvalue weighted by Gasteiger charge is 2.24. The molecule has 0 radical (unpaired) electrons. The lowest BCUT2D eigenvalue weighted by Crippen LogP contribution is -2.48. The number of hydrogen-bond donors (Lipinski definition) is 3. The Hall–Kier alpha value is -2.41. The topological polar surface area (TPSA) is 100 Å². The third-order valence-corrected chi connectivity index (χ3v) is 4.38. The molecular weight excluding hydrogens is 320 g/mol. The van der Waals surface area contributed by atoms with Gasteiger partial charge in [-0.25, -0.2) is 4.79 Å². The molecule has 1 aromatic carbocycles. The van der Waals surface area contributed by atoms with E-state index in [4.69, 9.17) is 9.63 Å². The molecular formula is C18H26N4O3. The predicted molar refractivity (Wildman–Crippen MR) is 96.4 cm³/mol. The average Bonchev–Trinajstić information content (AvgIpc) is 3.06. The normalized spacial score (nSPS) is 13.3. The molecule has 2 amide bonds. The number of nitrogens with zero attached hydrogens (tertiary/aromatic N) is 2. The largest absolute Gasteiger partial charge is 0.396 e. The van der Waals surface area contributed by atoms with Crippen molar-refractivity contribution in [1.29, 1.82) is 0 Å². The van der Waals surface area contributed by atoms with Crippen LogP contribution < -0.4 is 10.6 Å². The number of aliphatic hydroxyl groups excluding tert-OH is 1. The number of nitrogens with one attached hydrogen (secondary N) is 2. The van der Waals surface area contributed by atoms with Crippen LogP contribution in [0, 0.1) is 6.92 Å². The maximum Gasteiger partial charge on any atom is 0.319 e. The van der Waals surface area contributed by atoms with Crippen LogP contribution in [0.25, 0.3) is 11.5 Å². The van der Waals surface area contributed by atoms with Crippen LogP contribution in [0.15, 0.2) is 22.7 Å². The fourth-order valence-electron chi connectivity index (χ4n) is 2.41. The van der Waals surface area contributed by atoms with Crippen LogP contribution in [-0.2, 0) is 6.42 Å². The highest BCUT2D eigenvalue weighted by molar-refractivity contribution is 5.91. The summed E-state index contributed by atoms with van der Waals surface area (Å²) in [5, 5.41) is 18.9. The van der Waals surface area contributed by atoms with E-state index in [0.717, 1.165) is 17.5 Å². The Morgan fingerprint density at radius 1 is 1.36 bits per heavy atom. The van der Waals surface area contributed by atoms with E-state index in [9.17, 15) is 4.79 Å². The number of hydrogen-bond acceptors (Lipinski definition) is 5. The van der Waals surface area contributed by atoms with Crippen LogP contribution in [0.2, 0.25) is 0 Å². The third-order valence-electron chi connectivity index (χ3n) is 4.38. The fourth-order valence-corrected chi connectivity index (χ4v) is 2.41. The number of rotatable bonds is 7. The summed E-state index contributed by atoms with van der Waals surface area (Å²) in [7, 11) is 0. The zero-order valence-electron chi connectivity index (χ0n) is 15.2. The van der Waals surface area contributed by atoms with E-state index in [1.54, 1.807) is 0 Å². The first-order valence-corrected chi connectivity index (χ1v) is 8.54. The van der Waals surface area contributed by atoms with Crippen LogP contribution in [-0.4, -0.2) is 33.4 Å². The smallest absolute Gasteiger partial charge is 0.319 e. The van der Waals surface area contributed by atoms with Gasteiger partial charge in [-0.1, -0.05) is 25.1 Å². The van der Waals surface area contributed by atoms with Crippen molar-refractivity contribution in [2.75, 3.05) is 11.9 Å². The number of benzene rings is 1. The molecule has 0 aliphatic rings. The molecule has 1 aromatic heterocycles. The number of carbonyl (C=O) groups excluding carboxylic acids is 1. The van der Waals surface area contributed by atoms with Gasteiger partial charge in [0.15, 0.2) is 5.82 Å². The van der Waals surface area contributed by atoms with Gasteiger partial charge in [-0.15, -0.1) is 0 Å². The fraction of sp³-hybridized carbons (Fsp3) is 0.500. The molecule has 2 rings (SSSR count). The summed E-state index contributed by atoms with van der Waals surface area (Å²) < 4.78 is 5.25. The number of aliphatic hydroxyl groups is 1. The highest BCUT2D eigenvalue weighted by atomic mass is 16.5. The van der Waals surface area contributed by atoms with Crippen molar-refractivity contribution in [3.05, 3.63) is 29.6 Å². The molecule has 0 saturated heterocycles. The van der Waals surface area contributed by atoms with Crippen molar-refractivity contribution in [3.63, 3.8) is 0 Å². The maximum absolute atomic E-state index is 12.4. The Morgan fingerprint density at radius 2 is 2.12 bits per heavy atom. The molecule has 25 heavy (non-hydrogen) atoms. The summed E-state index contributed by atoms with van der Waals surface area (Å²) in [6.45, 7) is 7.78. The molecule has 0 aliphatic carbocycles. The summed E-state index contributed by atoms with van der Waals surface area (Å²) >= 11 is 0. The van der Waals surface area contributed by atoms with Crippen LogP contribution in [0.3, 0.4) is 0 Å². The molecule has 7 nitrogen and oxygen atoms in total. The Balaban J connectivity index is 2.16. The summed E-state index contributed by atoms with van der Waals surface area (Å²) in [4.78, 5) is 16.7. The van der Waals surface area contributed by atoms with Gasteiger partial charge in [0, 0.05) is 29.8 Å². The van der Waals surface area contributed by atoms with Gasteiger partial charge in [0.05, 0.1) is 0 Å². The summed E-state index contributed by atoms with van der Waals surface area (Å²) in [6.07, 6.45) is 1.92. The van der Waals surface area contributed by atoms with Gasteiger partial charge in [-0.05, 0) is 44.4 Å². The van der Waals surface area contributed by atoms with E-state index in [0.29, 0.717) is 30.2 Å². The van der Waals surface area contributed by atoms with Gasteiger partial charge >= 0.3 is 6.03 Å². The van der Waals surface area contributed by atoms with Crippen molar-refractivity contribution in [2.45, 2.75) is 52.5 Å². The molecule has 0 spiro atoms. The second-order valence-electron chi connectivity index (χ2n) is 6.37. The van der Waals surface area contributed by atoms with E-state index < -0.39 is 5.54 Å². The van der Waals surface area contributed by atoms with Crippen molar-refractivity contribution in [3.8, 4) is 11.5 Å². The standard InChI is InChI=1S/C18H26N4O3/c1-5-15-20-16(25-22-15)13-8-7-12(3)14(11-13)19-17(24)21-18(4,6-2)9-10-23/h7-8,11,23H,5-6,9-10H2,1-4H3,(H2,19,21,24). The molecule has 0 aliphatic heterocycles. The van der Waals surface area contributed by atoms with Gasteiger partial charge in [0.2, 0.25) is 0 Å². The summed E-state index contributed by atoms with van der Waals surface area (Å²) in [6, 6.07) is 5.29. The summed E-state index contributed by atoms with van der Waals surface area (Å²) in [5.41, 5.74) is 1.90. The van der Waals surface area contributed by atoms with E-state index in [2.05, 4.69) is 20.8 Å². The van der Waals surface area contributed by atoms with Gasteiger partial charge in [-0.2, -0.15) is 4.98 Å². The molecule has 1 atom stereocenters. The minimum atomic E-state index is -0.452. The number of anilines is 1. The second-order valence-corrected chi connectivity index (χ2v) is 6.37. The van der Waals surface area contributed by atoms with E-state index in [-0.39, 0.29) is 12.6 Å². The third kappa shape index (κ3) is 4.79. The SMILES string of the molecule is CCc1noc(-c2ccc(C)c(NC(=O)NC(C)(CC)CCO)c2)n1. The predicted octanol–water partition coefficient (Wildman–Crippen LogP) is 3.28. The molecule has 3 N–H and O–H groups in total. The van der Waals surface area contributed by atoms with Crippen LogP contribution in [0.4, 0.5) is 10.5 Å². The van der Waals surface area contributed by atoms with Crippen molar-refractivity contribution >= 4 is 11.7 Å². The minimum Gasteiger partial charge on any atom is -0.396 e. The first kappa shape index (κ1) is 18.9. The van der Waals surface area contributed by atoms with E-state index in [1.807, 2.05) is 45.9 Å². The number of aromatic nitrogens is 2.